The third-order valence-corrected chi connectivity index (χ3v) is 5.08. The second-order valence-corrected chi connectivity index (χ2v) is 8.42. The molecule has 0 saturated heterocycles. The van der Waals surface area contributed by atoms with E-state index in [9.17, 15) is 18.0 Å². The van der Waals surface area contributed by atoms with Crippen molar-refractivity contribution in [2.24, 2.45) is 5.92 Å². The molecule has 28 heavy (non-hydrogen) atoms. The van der Waals surface area contributed by atoms with E-state index in [2.05, 4.69) is 14.8 Å². The smallest absolute Gasteiger partial charge is 0.337 e. The summed E-state index contributed by atoms with van der Waals surface area (Å²) in [5.41, 5.74) is 1.31. The van der Waals surface area contributed by atoms with Crippen molar-refractivity contribution in [3.63, 3.8) is 0 Å². The third kappa shape index (κ3) is 6.09. The van der Waals surface area contributed by atoms with Gasteiger partial charge in [0.2, 0.25) is 10.0 Å². The zero-order chi connectivity index (χ0) is 20.7. The van der Waals surface area contributed by atoms with Gasteiger partial charge in [0.05, 0.1) is 29.7 Å². The van der Waals surface area contributed by atoms with Gasteiger partial charge in [-0.05, 0) is 35.7 Å². The molecule has 0 aliphatic heterocycles. The van der Waals surface area contributed by atoms with Gasteiger partial charge in [-0.1, -0.05) is 38.1 Å². The Morgan fingerprint density at radius 2 is 1.68 bits per heavy atom. The summed E-state index contributed by atoms with van der Waals surface area (Å²) in [6, 6.07) is 12.5. The van der Waals surface area contributed by atoms with Gasteiger partial charge in [0, 0.05) is 6.54 Å². The molecule has 0 saturated carbocycles. The zero-order valence-corrected chi connectivity index (χ0v) is 16.9. The number of carbonyl (C=O) groups excluding carboxylic acids is 2. The van der Waals surface area contributed by atoms with E-state index >= 15 is 0 Å². The number of rotatable bonds is 8. The summed E-state index contributed by atoms with van der Waals surface area (Å²) in [6.45, 7) is 4.44. The highest BCUT2D eigenvalue weighted by Gasteiger charge is 2.17. The van der Waals surface area contributed by atoms with Gasteiger partial charge in [0.25, 0.3) is 5.91 Å². The Morgan fingerprint density at radius 3 is 2.29 bits per heavy atom. The third-order valence-electron chi connectivity index (χ3n) is 3.84. The van der Waals surface area contributed by atoms with E-state index in [4.69, 9.17) is 0 Å². The summed E-state index contributed by atoms with van der Waals surface area (Å²) in [4.78, 5) is 23.8. The molecule has 0 fully saturated rings. The average molecular weight is 404 g/mol. The van der Waals surface area contributed by atoms with Crippen molar-refractivity contribution in [3.05, 3.63) is 65.2 Å². The van der Waals surface area contributed by atoms with Crippen LogP contribution in [0.3, 0.4) is 0 Å². The second kappa shape index (κ2) is 9.36. The van der Waals surface area contributed by atoms with Gasteiger partial charge < -0.3 is 10.1 Å². The fraction of sp³-hybridized carbons (Fsp3) is 0.300. The van der Waals surface area contributed by atoms with E-state index in [1.165, 1.54) is 19.2 Å². The van der Waals surface area contributed by atoms with Gasteiger partial charge in [-0.25, -0.2) is 13.2 Å². The van der Waals surface area contributed by atoms with Crippen LogP contribution in [0.5, 0.6) is 0 Å². The number of hydrogen-bond donors (Lipinski definition) is 2. The summed E-state index contributed by atoms with van der Waals surface area (Å²) in [6.07, 6.45) is 0. The highest BCUT2D eigenvalue weighted by atomic mass is 32.2. The van der Waals surface area contributed by atoms with Crippen LogP contribution in [0, 0.1) is 5.92 Å². The molecule has 0 atom stereocenters. The first-order valence-electron chi connectivity index (χ1n) is 8.77. The van der Waals surface area contributed by atoms with Crippen molar-refractivity contribution >= 4 is 27.6 Å². The molecule has 0 radical (unpaired) electrons. The van der Waals surface area contributed by atoms with E-state index in [0.29, 0.717) is 17.7 Å². The van der Waals surface area contributed by atoms with Crippen molar-refractivity contribution in [2.45, 2.75) is 19.6 Å². The fourth-order valence-electron chi connectivity index (χ4n) is 2.44. The van der Waals surface area contributed by atoms with Crippen molar-refractivity contribution in [2.75, 3.05) is 18.4 Å². The molecular weight excluding hydrogens is 380 g/mol. The van der Waals surface area contributed by atoms with E-state index < -0.39 is 16.0 Å². The van der Waals surface area contributed by atoms with E-state index in [0.717, 1.165) is 0 Å². The van der Waals surface area contributed by atoms with Gasteiger partial charge in [-0.15, -0.1) is 0 Å². The van der Waals surface area contributed by atoms with Gasteiger partial charge in [0.15, 0.2) is 0 Å². The molecule has 0 aliphatic rings. The van der Waals surface area contributed by atoms with Crippen LogP contribution in [0.2, 0.25) is 0 Å². The lowest BCUT2D eigenvalue weighted by Gasteiger charge is -2.13. The number of para-hydroxylation sites is 1. The molecule has 0 heterocycles. The number of ether oxygens (including phenoxy) is 1. The number of methoxy groups -OCH3 is 1. The van der Waals surface area contributed by atoms with Gasteiger partial charge >= 0.3 is 5.97 Å². The van der Waals surface area contributed by atoms with Crippen molar-refractivity contribution in [1.29, 1.82) is 0 Å². The number of hydrogen-bond acceptors (Lipinski definition) is 5. The first kappa shape index (κ1) is 21.4. The monoisotopic (exact) mass is 404 g/mol. The Bertz CT molecular complexity index is 937. The summed E-state index contributed by atoms with van der Waals surface area (Å²) < 4.78 is 32.2. The van der Waals surface area contributed by atoms with Crippen LogP contribution in [0.15, 0.2) is 48.5 Å². The molecule has 0 spiro atoms. The number of amides is 1. The van der Waals surface area contributed by atoms with Crippen LogP contribution in [0.4, 0.5) is 5.69 Å². The number of esters is 1. The minimum atomic E-state index is -3.76. The minimum Gasteiger partial charge on any atom is -0.465 e. The van der Waals surface area contributed by atoms with Crippen LogP contribution in [0.25, 0.3) is 0 Å². The van der Waals surface area contributed by atoms with E-state index in [-0.39, 0.29) is 28.8 Å². The Hall–Kier alpha value is -2.87. The molecule has 0 unspecified atom stereocenters. The first-order valence-corrected chi connectivity index (χ1v) is 10.4. The fourth-order valence-corrected chi connectivity index (χ4v) is 3.66. The average Bonchev–Trinajstić information content (AvgIpc) is 2.65. The molecule has 1 amide bonds. The number of sulfonamides is 1. The topological polar surface area (TPSA) is 102 Å². The molecular formula is C20H24N2O5S. The number of nitrogens with one attached hydrogen (secondary N) is 2. The number of carbonyl (C=O) groups is 2. The second-order valence-electron chi connectivity index (χ2n) is 6.70. The first-order chi connectivity index (χ1) is 13.2. The predicted molar refractivity (Wildman–Crippen MR) is 108 cm³/mol. The Kier molecular flexibility index (Phi) is 7.17. The maximum atomic E-state index is 12.6. The summed E-state index contributed by atoms with van der Waals surface area (Å²) >= 11 is 0. The normalized spacial score (nSPS) is 11.1. The molecule has 2 N–H and O–H groups in total. The van der Waals surface area contributed by atoms with Gasteiger partial charge in [0.1, 0.15) is 0 Å². The largest absolute Gasteiger partial charge is 0.465 e. The summed E-state index contributed by atoms with van der Waals surface area (Å²) in [5, 5.41) is 2.78. The highest BCUT2D eigenvalue weighted by molar-refractivity contribution is 7.91. The van der Waals surface area contributed by atoms with Crippen LogP contribution in [-0.2, 0) is 20.5 Å². The molecule has 0 aromatic heterocycles. The zero-order valence-electron chi connectivity index (χ0n) is 16.1. The molecule has 0 aliphatic carbocycles. The standard InChI is InChI=1S/C20H24N2O5S/c1-14(2)12-21-19(23)17-6-4-5-7-18(17)22-28(25,26)13-15-8-10-16(11-9-15)20(24)27-3/h4-11,14,22H,12-13H2,1-3H3,(H,21,23). The van der Waals surface area contributed by atoms with Crippen LogP contribution >= 0.6 is 0 Å². The lowest BCUT2D eigenvalue weighted by Crippen LogP contribution is -2.28. The lowest BCUT2D eigenvalue weighted by atomic mass is 10.1. The Balaban J connectivity index is 2.14. The van der Waals surface area contributed by atoms with Crippen molar-refractivity contribution in [1.82, 2.24) is 5.32 Å². The molecule has 2 aromatic rings. The van der Waals surface area contributed by atoms with Crippen LogP contribution in [0.1, 0.15) is 40.1 Å². The maximum absolute atomic E-state index is 12.6. The molecule has 2 rings (SSSR count). The van der Waals surface area contributed by atoms with E-state index in [1.807, 2.05) is 13.8 Å². The minimum absolute atomic E-state index is 0.218. The molecule has 2 aromatic carbocycles. The SMILES string of the molecule is COC(=O)c1ccc(CS(=O)(=O)Nc2ccccc2C(=O)NCC(C)C)cc1. The quantitative estimate of drug-likeness (QED) is 0.659. The Labute approximate surface area is 165 Å². The molecule has 7 nitrogen and oxygen atoms in total. The van der Waals surface area contributed by atoms with E-state index in [1.54, 1.807) is 36.4 Å². The van der Waals surface area contributed by atoms with Gasteiger partial charge in [-0.3, -0.25) is 9.52 Å². The molecule has 8 heteroatoms. The maximum Gasteiger partial charge on any atom is 0.337 e. The van der Waals surface area contributed by atoms with Gasteiger partial charge in [-0.2, -0.15) is 0 Å². The number of anilines is 1. The molecule has 0 bridgehead atoms. The van der Waals surface area contributed by atoms with Crippen LogP contribution < -0.4 is 10.0 Å². The predicted octanol–water partition coefficient (Wildman–Crippen LogP) is 2.80. The van der Waals surface area contributed by atoms with Crippen molar-refractivity contribution in [3.8, 4) is 0 Å². The van der Waals surface area contributed by atoms with Crippen molar-refractivity contribution < 1.29 is 22.7 Å². The summed E-state index contributed by atoms with van der Waals surface area (Å²) in [7, 11) is -2.48. The Morgan fingerprint density at radius 1 is 1.04 bits per heavy atom. The van der Waals surface area contributed by atoms with Crippen LogP contribution in [-0.4, -0.2) is 33.9 Å². The highest BCUT2D eigenvalue weighted by Crippen LogP contribution is 2.19. The lowest BCUT2D eigenvalue weighted by molar-refractivity contribution is 0.0600. The number of benzene rings is 2. The molecule has 150 valence electrons. The summed E-state index contributed by atoms with van der Waals surface area (Å²) in [5.74, 6) is -0.847.